The quantitative estimate of drug-likeness (QED) is 0.769. The van der Waals surface area contributed by atoms with Gasteiger partial charge in [-0.15, -0.1) is 0 Å². The Kier molecular flexibility index (Phi) is 4.73. The van der Waals surface area contributed by atoms with Gasteiger partial charge in [-0.1, -0.05) is 23.7 Å². The summed E-state index contributed by atoms with van der Waals surface area (Å²) in [5.74, 6) is -2.49. The van der Waals surface area contributed by atoms with Crippen molar-refractivity contribution in [2.75, 3.05) is 7.05 Å². The molecule has 0 saturated carbocycles. The van der Waals surface area contributed by atoms with Crippen LogP contribution in [-0.2, 0) is 0 Å². The number of rotatable bonds is 3. The fraction of sp³-hybridized carbons (Fsp3) is 0.143. The standard InChI is InChI=1S/C14H10BrClF3N/c1-20-14(8-3-2-7(16)6-11(8)18)9-4-5-10(17)13(19)12(9)15/h2-6,14,20H,1H3. The van der Waals surface area contributed by atoms with Crippen LogP contribution in [0.4, 0.5) is 13.2 Å². The molecule has 2 rings (SSSR count). The molecule has 6 heteroatoms. The molecule has 0 aromatic heterocycles. The highest BCUT2D eigenvalue weighted by molar-refractivity contribution is 9.10. The average Bonchev–Trinajstić information content (AvgIpc) is 2.41. The third-order valence-corrected chi connectivity index (χ3v) is 3.98. The molecule has 2 aromatic carbocycles. The van der Waals surface area contributed by atoms with Crippen LogP contribution in [-0.4, -0.2) is 7.05 Å². The fourth-order valence-electron chi connectivity index (χ4n) is 1.98. The summed E-state index contributed by atoms with van der Waals surface area (Å²) in [7, 11) is 1.60. The predicted molar refractivity (Wildman–Crippen MR) is 76.4 cm³/mol. The molecule has 0 aliphatic rings. The van der Waals surface area contributed by atoms with Crippen LogP contribution in [0.1, 0.15) is 17.2 Å². The molecule has 20 heavy (non-hydrogen) atoms. The van der Waals surface area contributed by atoms with Crippen molar-refractivity contribution in [3.63, 3.8) is 0 Å². The number of benzene rings is 2. The predicted octanol–water partition coefficient (Wildman–Crippen LogP) is 4.83. The lowest BCUT2D eigenvalue weighted by atomic mass is 9.98. The van der Waals surface area contributed by atoms with Gasteiger partial charge in [0.2, 0.25) is 0 Å². The van der Waals surface area contributed by atoms with Crippen LogP contribution in [0.3, 0.4) is 0 Å². The lowest BCUT2D eigenvalue weighted by Crippen LogP contribution is -2.20. The van der Waals surface area contributed by atoms with Crippen molar-refractivity contribution in [3.05, 3.63) is 68.4 Å². The van der Waals surface area contributed by atoms with E-state index in [-0.39, 0.29) is 9.50 Å². The Balaban J connectivity index is 2.55. The van der Waals surface area contributed by atoms with E-state index in [1.807, 2.05) is 0 Å². The Hall–Kier alpha value is -1.04. The fourth-order valence-corrected chi connectivity index (χ4v) is 2.69. The van der Waals surface area contributed by atoms with Gasteiger partial charge in [-0.2, -0.15) is 0 Å². The summed E-state index contributed by atoms with van der Waals surface area (Å²) in [4.78, 5) is 0. The van der Waals surface area contributed by atoms with Gasteiger partial charge < -0.3 is 5.32 Å². The lowest BCUT2D eigenvalue weighted by Gasteiger charge is -2.20. The monoisotopic (exact) mass is 363 g/mol. The molecule has 0 heterocycles. The van der Waals surface area contributed by atoms with Gasteiger partial charge in [0, 0.05) is 10.6 Å². The average molecular weight is 365 g/mol. The van der Waals surface area contributed by atoms with E-state index in [0.717, 1.165) is 6.07 Å². The third-order valence-electron chi connectivity index (χ3n) is 2.94. The molecule has 0 spiro atoms. The van der Waals surface area contributed by atoms with Crippen LogP contribution in [0, 0.1) is 17.5 Å². The van der Waals surface area contributed by atoms with Crippen molar-refractivity contribution in [1.82, 2.24) is 5.32 Å². The van der Waals surface area contributed by atoms with Crippen LogP contribution >= 0.6 is 27.5 Å². The van der Waals surface area contributed by atoms with E-state index >= 15 is 0 Å². The minimum atomic E-state index is -1.00. The third kappa shape index (κ3) is 2.85. The Morgan fingerprint density at radius 2 is 1.70 bits per heavy atom. The van der Waals surface area contributed by atoms with Gasteiger partial charge in [-0.3, -0.25) is 0 Å². The van der Waals surface area contributed by atoms with Crippen LogP contribution < -0.4 is 5.32 Å². The number of hydrogen-bond donors (Lipinski definition) is 1. The molecular weight excluding hydrogens is 355 g/mol. The smallest absolute Gasteiger partial charge is 0.173 e. The van der Waals surface area contributed by atoms with E-state index in [4.69, 9.17) is 11.6 Å². The van der Waals surface area contributed by atoms with Crippen LogP contribution in [0.2, 0.25) is 5.02 Å². The molecule has 0 saturated heterocycles. The van der Waals surface area contributed by atoms with E-state index in [1.54, 1.807) is 7.05 Å². The molecule has 1 nitrogen and oxygen atoms in total. The molecule has 1 atom stereocenters. The van der Waals surface area contributed by atoms with Gasteiger partial charge in [-0.05, 0) is 46.7 Å². The van der Waals surface area contributed by atoms with Crippen LogP contribution in [0.15, 0.2) is 34.8 Å². The summed E-state index contributed by atoms with van der Waals surface area (Å²) < 4.78 is 40.7. The minimum absolute atomic E-state index is 0.0359. The summed E-state index contributed by atoms with van der Waals surface area (Å²) in [6.07, 6.45) is 0. The largest absolute Gasteiger partial charge is 0.309 e. The Morgan fingerprint density at radius 1 is 1.05 bits per heavy atom. The van der Waals surface area contributed by atoms with E-state index in [2.05, 4.69) is 21.2 Å². The Labute approximate surface area is 127 Å². The maximum Gasteiger partial charge on any atom is 0.173 e. The second-order valence-electron chi connectivity index (χ2n) is 4.15. The number of hydrogen-bond acceptors (Lipinski definition) is 1. The molecule has 0 aliphatic heterocycles. The highest BCUT2D eigenvalue weighted by atomic mass is 79.9. The Bertz CT molecular complexity index is 649. The molecule has 0 amide bonds. The molecule has 2 aromatic rings. The summed E-state index contributed by atoms with van der Waals surface area (Å²) in [5, 5.41) is 3.15. The van der Waals surface area contributed by atoms with Gasteiger partial charge in [0.05, 0.1) is 10.5 Å². The molecule has 0 fully saturated rings. The van der Waals surface area contributed by atoms with Gasteiger partial charge in [0.1, 0.15) is 5.82 Å². The molecular formula is C14H10BrClF3N. The maximum atomic E-state index is 14.0. The second kappa shape index (κ2) is 6.16. The SMILES string of the molecule is CNC(c1ccc(Cl)cc1F)c1ccc(F)c(F)c1Br. The molecule has 106 valence electrons. The van der Waals surface area contributed by atoms with Crippen LogP contribution in [0.25, 0.3) is 0 Å². The summed E-state index contributed by atoms with van der Waals surface area (Å²) in [6.45, 7) is 0. The maximum absolute atomic E-state index is 14.0. The van der Waals surface area contributed by atoms with Gasteiger partial charge in [0.25, 0.3) is 0 Å². The van der Waals surface area contributed by atoms with Gasteiger partial charge in [-0.25, -0.2) is 13.2 Å². The minimum Gasteiger partial charge on any atom is -0.309 e. The first kappa shape index (κ1) is 15.4. The zero-order valence-electron chi connectivity index (χ0n) is 10.4. The normalized spacial score (nSPS) is 12.5. The molecule has 0 aliphatic carbocycles. The first-order chi connectivity index (χ1) is 9.45. The second-order valence-corrected chi connectivity index (χ2v) is 5.38. The highest BCUT2D eigenvalue weighted by Crippen LogP contribution is 2.33. The molecule has 1 N–H and O–H groups in total. The molecule has 1 unspecified atom stereocenters. The first-order valence-corrected chi connectivity index (χ1v) is 6.88. The number of nitrogens with one attached hydrogen (secondary N) is 1. The highest BCUT2D eigenvalue weighted by Gasteiger charge is 2.22. The Morgan fingerprint density at radius 3 is 2.30 bits per heavy atom. The zero-order valence-corrected chi connectivity index (χ0v) is 12.7. The first-order valence-electron chi connectivity index (χ1n) is 5.71. The van der Waals surface area contributed by atoms with E-state index in [9.17, 15) is 13.2 Å². The van der Waals surface area contributed by atoms with Crippen molar-refractivity contribution in [3.8, 4) is 0 Å². The van der Waals surface area contributed by atoms with Crippen LogP contribution in [0.5, 0.6) is 0 Å². The van der Waals surface area contributed by atoms with E-state index < -0.39 is 23.5 Å². The van der Waals surface area contributed by atoms with E-state index in [0.29, 0.717) is 11.1 Å². The summed E-state index contributed by atoms with van der Waals surface area (Å²) >= 11 is 8.71. The summed E-state index contributed by atoms with van der Waals surface area (Å²) in [6, 6.07) is 6.00. The zero-order chi connectivity index (χ0) is 14.9. The lowest BCUT2D eigenvalue weighted by molar-refractivity contribution is 0.498. The van der Waals surface area contributed by atoms with Crippen molar-refractivity contribution >= 4 is 27.5 Å². The topological polar surface area (TPSA) is 12.0 Å². The van der Waals surface area contributed by atoms with Crippen molar-refractivity contribution in [1.29, 1.82) is 0 Å². The molecule has 0 bridgehead atoms. The van der Waals surface area contributed by atoms with Gasteiger partial charge >= 0.3 is 0 Å². The van der Waals surface area contributed by atoms with Crippen molar-refractivity contribution in [2.45, 2.75) is 6.04 Å². The number of halogens is 5. The van der Waals surface area contributed by atoms with Gasteiger partial charge in [0.15, 0.2) is 11.6 Å². The van der Waals surface area contributed by atoms with Crippen molar-refractivity contribution < 1.29 is 13.2 Å². The molecule has 0 radical (unpaired) electrons. The van der Waals surface area contributed by atoms with Crippen molar-refractivity contribution in [2.24, 2.45) is 0 Å². The summed E-state index contributed by atoms with van der Waals surface area (Å²) in [5.41, 5.74) is 0.691. The van der Waals surface area contributed by atoms with E-state index in [1.165, 1.54) is 24.3 Å².